The number of hydrogen-bond donors (Lipinski definition) is 1. The average Bonchev–Trinajstić information content (AvgIpc) is 2.71. The highest BCUT2D eigenvalue weighted by Crippen LogP contribution is 2.39. The number of nitrogens with one attached hydrogen (secondary N) is 1. The Morgan fingerprint density at radius 2 is 2.12 bits per heavy atom. The molecule has 0 spiro atoms. The smallest absolute Gasteiger partial charge is 0.0158 e. The summed E-state index contributed by atoms with van der Waals surface area (Å²) >= 11 is 2.12. The fourth-order valence-corrected chi connectivity index (χ4v) is 4.40. The van der Waals surface area contributed by atoms with Crippen LogP contribution in [-0.4, -0.2) is 49.1 Å². The summed E-state index contributed by atoms with van der Waals surface area (Å²) < 4.78 is 0. The second-order valence-corrected chi connectivity index (χ2v) is 6.78. The summed E-state index contributed by atoms with van der Waals surface area (Å²) in [6, 6.07) is 0.785. The van der Waals surface area contributed by atoms with Crippen molar-refractivity contribution >= 4 is 11.8 Å². The first kappa shape index (κ1) is 12.7. The lowest BCUT2D eigenvalue weighted by atomic mass is 9.85. The highest BCUT2D eigenvalue weighted by molar-refractivity contribution is 7.99. The zero-order chi connectivity index (χ0) is 11.4. The quantitative estimate of drug-likeness (QED) is 0.814. The second kappa shape index (κ2) is 5.74. The average molecular weight is 242 g/mol. The van der Waals surface area contributed by atoms with Crippen molar-refractivity contribution in [2.75, 3.05) is 38.2 Å². The van der Waals surface area contributed by atoms with Crippen molar-refractivity contribution < 1.29 is 0 Å². The number of rotatable bonds is 4. The lowest BCUT2D eigenvalue weighted by molar-refractivity contribution is 0.128. The molecule has 0 aromatic rings. The zero-order valence-electron chi connectivity index (χ0n) is 10.8. The topological polar surface area (TPSA) is 15.3 Å². The predicted octanol–water partition coefficient (Wildman–Crippen LogP) is 2.20. The predicted molar refractivity (Wildman–Crippen MR) is 73.2 cm³/mol. The summed E-state index contributed by atoms with van der Waals surface area (Å²) in [6.45, 7) is 6.24. The van der Waals surface area contributed by atoms with Gasteiger partial charge in [-0.1, -0.05) is 12.8 Å². The molecule has 0 bridgehead atoms. The molecule has 1 N–H and O–H groups in total. The van der Waals surface area contributed by atoms with Crippen LogP contribution in [0.5, 0.6) is 0 Å². The molecule has 0 amide bonds. The SMILES string of the molecule is CNCC1(CN2CCSCC2C)CCCC1. The van der Waals surface area contributed by atoms with Crippen LogP contribution >= 0.6 is 11.8 Å². The maximum atomic E-state index is 3.42. The van der Waals surface area contributed by atoms with E-state index >= 15 is 0 Å². The first-order valence-corrected chi connectivity index (χ1v) is 7.88. The van der Waals surface area contributed by atoms with Crippen molar-refractivity contribution in [3.8, 4) is 0 Å². The minimum atomic E-state index is 0.588. The molecule has 1 aliphatic heterocycles. The Morgan fingerprint density at radius 1 is 1.38 bits per heavy atom. The van der Waals surface area contributed by atoms with Gasteiger partial charge in [0.05, 0.1) is 0 Å². The Morgan fingerprint density at radius 3 is 2.75 bits per heavy atom. The minimum Gasteiger partial charge on any atom is -0.319 e. The summed E-state index contributed by atoms with van der Waals surface area (Å²) in [5.41, 5.74) is 0.588. The Bertz CT molecular complexity index is 214. The summed E-state index contributed by atoms with van der Waals surface area (Å²) in [7, 11) is 2.11. The molecule has 1 saturated heterocycles. The summed E-state index contributed by atoms with van der Waals surface area (Å²) in [6.07, 6.45) is 5.76. The van der Waals surface area contributed by atoms with Crippen molar-refractivity contribution in [2.24, 2.45) is 5.41 Å². The normalized spacial score (nSPS) is 30.8. The third-order valence-electron chi connectivity index (χ3n) is 4.26. The van der Waals surface area contributed by atoms with Crippen molar-refractivity contribution in [2.45, 2.75) is 38.6 Å². The molecule has 2 nitrogen and oxygen atoms in total. The first-order chi connectivity index (χ1) is 7.76. The van der Waals surface area contributed by atoms with Gasteiger partial charge in [-0.3, -0.25) is 4.90 Å². The van der Waals surface area contributed by atoms with Crippen LogP contribution in [0.25, 0.3) is 0 Å². The van der Waals surface area contributed by atoms with Crippen LogP contribution in [0.2, 0.25) is 0 Å². The van der Waals surface area contributed by atoms with Gasteiger partial charge in [-0.05, 0) is 32.2 Å². The Balaban J connectivity index is 1.93. The van der Waals surface area contributed by atoms with E-state index in [1.54, 1.807) is 0 Å². The van der Waals surface area contributed by atoms with Crippen LogP contribution in [0.15, 0.2) is 0 Å². The van der Waals surface area contributed by atoms with Gasteiger partial charge in [0.25, 0.3) is 0 Å². The lowest BCUT2D eigenvalue weighted by Gasteiger charge is -2.40. The molecule has 2 rings (SSSR count). The fourth-order valence-electron chi connectivity index (χ4n) is 3.32. The van der Waals surface area contributed by atoms with Crippen LogP contribution in [0.4, 0.5) is 0 Å². The van der Waals surface area contributed by atoms with Gasteiger partial charge in [0, 0.05) is 37.2 Å². The van der Waals surface area contributed by atoms with E-state index in [9.17, 15) is 0 Å². The van der Waals surface area contributed by atoms with Gasteiger partial charge < -0.3 is 5.32 Å². The fraction of sp³-hybridized carbons (Fsp3) is 1.00. The van der Waals surface area contributed by atoms with Gasteiger partial charge in [-0.15, -0.1) is 0 Å². The van der Waals surface area contributed by atoms with Crippen LogP contribution < -0.4 is 5.32 Å². The van der Waals surface area contributed by atoms with E-state index in [0.29, 0.717) is 5.41 Å². The third-order valence-corrected chi connectivity index (χ3v) is 5.45. The Labute approximate surface area is 105 Å². The molecule has 1 unspecified atom stereocenters. The molecule has 94 valence electrons. The van der Waals surface area contributed by atoms with E-state index in [-0.39, 0.29) is 0 Å². The van der Waals surface area contributed by atoms with Crippen LogP contribution in [0.3, 0.4) is 0 Å². The zero-order valence-corrected chi connectivity index (χ0v) is 11.6. The van der Waals surface area contributed by atoms with Gasteiger partial charge in [0.15, 0.2) is 0 Å². The van der Waals surface area contributed by atoms with E-state index in [2.05, 4.69) is 35.9 Å². The molecule has 0 aromatic carbocycles. The molecule has 2 aliphatic rings. The molecule has 1 aliphatic carbocycles. The highest BCUT2D eigenvalue weighted by atomic mass is 32.2. The molecule has 1 atom stereocenters. The molecule has 0 aromatic heterocycles. The van der Waals surface area contributed by atoms with Crippen LogP contribution in [-0.2, 0) is 0 Å². The molecule has 3 heteroatoms. The highest BCUT2D eigenvalue weighted by Gasteiger charge is 2.36. The van der Waals surface area contributed by atoms with Crippen LogP contribution in [0.1, 0.15) is 32.6 Å². The molecule has 16 heavy (non-hydrogen) atoms. The molecule has 0 radical (unpaired) electrons. The van der Waals surface area contributed by atoms with Gasteiger partial charge in [0.2, 0.25) is 0 Å². The van der Waals surface area contributed by atoms with Crippen LogP contribution in [0, 0.1) is 5.41 Å². The monoisotopic (exact) mass is 242 g/mol. The number of nitrogens with zero attached hydrogens (tertiary/aromatic N) is 1. The van der Waals surface area contributed by atoms with Crippen molar-refractivity contribution in [3.63, 3.8) is 0 Å². The molecule has 1 saturated carbocycles. The van der Waals surface area contributed by atoms with E-state index in [1.807, 2.05) is 0 Å². The summed E-state index contributed by atoms with van der Waals surface area (Å²) in [5, 5.41) is 3.42. The molecular formula is C13H26N2S. The van der Waals surface area contributed by atoms with Crippen molar-refractivity contribution in [1.29, 1.82) is 0 Å². The Hall–Kier alpha value is 0.270. The van der Waals surface area contributed by atoms with Gasteiger partial charge >= 0.3 is 0 Å². The van der Waals surface area contributed by atoms with E-state index in [0.717, 1.165) is 6.04 Å². The molecular weight excluding hydrogens is 216 g/mol. The second-order valence-electron chi connectivity index (χ2n) is 5.63. The third kappa shape index (κ3) is 2.93. The Kier molecular flexibility index (Phi) is 4.57. The first-order valence-electron chi connectivity index (χ1n) is 6.72. The maximum Gasteiger partial charge on any atom is 0.0158 e. The molecule has 2 fully saturated rings. The minimum absolute atomic E-state index is 0.588. The van der Waals surface area contributed by atoms with Crippen molar-refractivity contribution in [1.82, 2.24) is 10.2 Å². The summed E-state index contributed by atoms with van der Waals surface area (Å²) in [5.74, 6) is 2.66. The van der Waals surface area contributed by atoms with E-state index < -0.39 is 0 Å². The van der Waals surface area contributed by atoms with E-state index in [1.165, 1.54) is 56.8 Å². The molecule has 1 heterocycles. The van der Waals surface area contributed by atoms with Gasteiger partial charge in [0.1, 0.15) is 0 Å². The van der Waals surface area contributed by atoms with E-state index in [4.69, 9.17) is 0 Å². The number of hydrogen-bond acceptors (Lipinski definition) is 3. The van der Waals surface area contributed by atoms with Gasteiger partial charge in [-0.2, -0.15) is 11.8 Å². The lowest BCUT2D eigenvalue weighted by Crippen LogP contribution is -2.48. The summed E-state index contributed by atoms with van der Waals surface area (Å²) in [4.78, 5) is 2.74. The standard InChI is InChI=1S/C13H26N2S/c1-12-9-16-8-7-15(12)11-13(10-14-2)5-3-4-6-13/h12,14H,3-11H2,1-2H3. The van der Waals surface area contributed by atoms with Crippen molar-refractivity contribution in [3.05, 3.63) is 0 Å². The largest absolute Gasteiger partial charge is 0.319 e. The number of thioether (sulfide) groups is 1. The van der Waals surface area contributed by atoms with Gasteiger partial charge in [-0.25, -0.2) is 0 Å². The maximum absolute atomic E-state index is 3.42.